The van der Waals surface area contributed by atoms with Crippen molar-refractivity contribution >= 4 is 17.5 Å². The second kappa shape index (κ2) is 7.66. The highest BCUT2D eigenvalue weighted by atomic mass is 16.5. The van der Waals surface area contributed by atoms with Gasteiger partial charge in [-0.1, -0.05) is 43.2 Å². The van der Waals surface area contributed by atoms with Gasteiger partial charge in [0.15, 0.2) is 0 Å². The molecule has 2 aromatic carbocycles. The van der Waals surface area contributed by atoms with Gasteiger partial charge >= 0.3 is 0 Å². The first-order valence-corrected chi connectivity index (χ1v) is 9.93. The lowest BCUT2D eigenvalue weighted by Crippen LogP contribution is -2.47. The summed E-state index contributed by atoms with van der Waals surface area (Å²) in [5, 5.41) is 3.19. The van der Waals surface area contributed by atoms with Crippen molar-refractivity contribution in [2.24, 2.45) is 0 Å². The number of methoxy groups -OCH3 is 1. The summed E-state index contributed by atoms with van der Waals surface area (Å²) in [4.78, 5) is 27.6. The van der Waals surface area contributed by atoms with Gasteiger partial charge in [-0.3, -0.25) is 9.59 Å². The molecule has 2 fully saturated rings. The molecule has 1 saturated heterocycles. The van der Waals surface area contributed by atoms with Gasteiger partial charge in [-0.25, -0.2) is 0 Å². The van der Waals surface area contributed by atoms with E-state index in [1.807, 2.05) is 54.6 Å². The minimum absolute atomic E-state index is 0.0376. The highest BCUT2D eigenvalue weighted by Crippen LogP contribution is 2.41. The first-order chi connectivity index (χ1) is 13.6. The summed E-state index contributed by atoms with van der Waals surface area (Å²) in [5.41, 5.74) is 1.46. The Kier molecular flexibility index (Phi) is 5.07. The number of rotatable bonds is 5. The molecule has 1 aliphatic carbocycles. The van der Waals surface area contributed by atoms with Crippen LogP contribution in [0.15, 0.2) is 54.6 Å². The molecular formula is C23H26N2O3. The molecule has 1 saturated carbocycles. The van der Waals surface area contributed by atoms with Crippen LogP contribution in [0.3, 0.4) is 0 Å². The molecule has 1 N–H and O–H groups in total. The van der Waals surface area contributed by atoms with E-state index >= 15 is 0 Å². The predicted molar refractivity (Wildman–Crippen MR) is 108 cm³/mol. The van der Waals surface area contributed by atoms with Gasteiger partial charge in [0.1, 0.15) is 5.75 Å². The zero-order valence-corrected chi connectivity index (χ0v) is 16.2. The second-order valence-electron chi connectivity index (χ2n) is 7.73. The maximum Gasteiger partial charge on any atom is 0.230 e. The lowest BCUT2D eigenvalue weighted by molar-refractivity contribution is -0.127. The van der Waals surface area contributed by atoms with E-state index in [1.54, 1.807) is 12.0 Å². The summed E-state index contributed by atoms with van der Waals surface area (Å²) in [6.07, 6.45) is 4.19. The summed E-state index contributed by atoms with van der Waals surface area (Å²) >= 11 is 0. The van der Waals surface area contributed by atoms with Crippen LogP contribution in [0.2, 0.25) is 0 Å². The Morgan fingerprint density at radius 3 is 2.39 bits per heavy atom. The lowest BCUT2D eigenvalue weighted by atomic mass is 9.78. The van der Waals surface area contributed by atoms with Crippen LogP contribution in [0.5, 0.6) is 5.75 Å². The molecule has 1 heterocycles. The average Bonchev–Trinajstić information content (AvgIpc) is 3.36. The highest BCUT2D eigenvalue weighted by molar-refractivity contribution is 5.97. The van der Waals surface area contributed by atoms with Gasteiger partial charge < -0.3 is 15.0 Å². The fraction of sp³-hybridized carbons (Fsp3) is 0.391. The Labute approximate surface area is 165 Å². The van der Waals surface area contributed by atoms with Crippen molar-refractivity contribution in [1.29, 1.82) is 0 Å². The minimum atomic E-state index is -0.460. The molecule has 5 nitrogen and oxygen atoms in total. The molecule has 0 bridgehead atoms. The Morgan fingerprint density at radius 1 is 1.07 bits per heavy atom. The quantitative estimate of drug-likeness (QED) is 0.867. The largest absolute Gasteiger partial charge is 0.497 e. The maximum atomic E-state index is 13.3. The van der Waals surface area contributed by atoms with E-state index < -0.39 is 5.41 Å². The number of carbonyl (C=O) groups excluding carboxylic acids is 2. The van der Waals surface area contributed by atoms with E-state index in [1.165, 1.54) is 0 Å². The standard InChI is InChI=1S/C23H26N2O3/c1-28-20-11-9-19(10-12-20)25-16-18(15-21(25)26)24-22(27)23(13-5-6-14-23)17-7-3-2-4-8-17/h2-4,7-12,18H,5-6,13-16H2,1H3,(H,24,27)/t18-/m1/s1. The number of hydrogen-bond acceptors (Lipinski definition) is 3. The van der Waals surface area contributed by atoms with Crippen molar-refractivity contribution in [3.05, 3.63) is 60.2 Å². The lowest BCUT2D eigenvalue weighted by Gasteiger charge is -2.30. The van der Waals surface area contributed by atoms with E-state index in [4.69, 9.17) is 4.74 Å². The third kappa shape index (κ3) is 3.37. The topological polar surface area (TPSA) is 58.6 Å². The third-order valence-corrected chi connectivity index (χ3v) is 6.06. The molecular weight excluding hydrogens is 352 g/mol. The van der Waals surface area contributed by atoms with Gasteiger partial charge in [0.05, 0.1) is 18.6 Å². The third-order valence-electron chi connectivity index (χ3n) is 6.06. The van der Waals surface area contributed by atoms with Crippen molar-refractivity contribution < 1.29 is 14.3 Å². The van der Waals surface area contributed by atoms with Gasteiger partial charge in [-0.2, -0.15) is 0 Å². The number of amides is 2. The van der Waals surface area contributed by atoms with Gasteiger partial charge in [-0.15, -0.1) is 0 Å². The number of anilines is 1. The van der Waals surface area contributed by atoms with E-state index in [2.05, 4.69) is 5.32 Å². The molecule has 28 heavy (non-hydrogen) atoms. The van der Waals surface area contributed by atoms with Crippen LogP contribution >= 0.6 is 0 Å². The van der Waals surface area contributed by atoms with Crippen LogP contribution < -0.4 is 15.0 Å². The normalized spacial score (nSPS) is 21.0. The van der Waals surface area contributed by atoms with Gasteiger partial charge in [0, 0.05) is 18.7 Å². The van der Waals surface area contributed by atoms with Crippen molar-refractivity contribution in [1.82, 2.24) is 5.32 Å². The Morgan fingerprint density at radius 2 is 1.75 bits per heavy atom. The number of benzene rings is 2. The number of nitrogens with zero attached hydrogens (tertiary/aromatic N) is 1. The van der Waals surface area contributed by atoms with Crippen LogP contribution in [-0.4, -0.2) is 31.5 Å². The maximum absolute atomic E-state index is 13.3. The molecule has 0 unspecified atom stereocenters. The SMILES string of the molecule is COc1ccc(N2C[C@H](NC(=O)C3(c4ccccc4)CCCC3)CC2=O)cc1. The van der Waals surface area contributed by atoms with Crippen molar-refractivity contribution in [3.63, 3.8) is 0 Å². The predicted octanol–water partition coefficient (Wildman–Crippen LogP) is 3.43. The Balaban J connectivity index is 1.48. The number of nitrogens with one attached hydrogen (secondary N) is 1. The molecule has 0 spiro atoms. The van der Waals surface area contributed by atoms with Crippen LogP contribution in [-0.2, 0) is 15.0 Å². The average molecular weight is 378 g/mol. The second-order valence-corrected chi connectivity index (χ2v) is 7.73. The Bertz CT molecular complexity index is 842. The van der Waals surface area contributed by atoms with E-state index in [9.17, 15) is 9.59 Å². The molecule has 2 amide bonds. The van der Waals surface area contributed by atoms with Crippen LogP contribution in [0.25, 0.3) is 0 Å². The molecule has 0 radical (unpaired) electrons. The van der Waals surface area contributed by atoms with Crippen molar-refractivity contribution in [3.8, 4) is 5.75 Å². The summed E-state index contributed by atoms with van der Waals surface area (Å²) in [6, 6.07) is 17.3. The minimum Gasteiger partial charge on any atom is -0.497 e. The summed E-state index contributed by atoms with van der Waals surface area (Å²) in [5.74, 6) is 0.854. The molecule has 1 atom stereocenters. The summed E-state index contributed by atoms with van der Waals surface area (Å²) in [7, 11) is 1.62. The van der Waals surface area contributed by atoms with Crippen molar-refractivity contribution in [2.75, 3.05) is 18.6 Å². The van der Waals surface area contributed by atoms with Crippen LogP contribution in [0.4, 0.5) is 5.69 Å². The van der Waals surface area contributed by atoms with E-state index in [0.29, 0.717) is 13.0 Å². The molecule has 4 rings (SSSR count). The molecule has 2 aliphatic rings. The summed E-state index contributed by atoms with van der Waals surface area (Å²) < 4.78 is 5.18. The zero-order valence-electron chi connectivity index (χ0n) is 16.2. The summed E-state index contributed by atoms with van der Waals surface area (Å²) in [6.45, 7) is 0.502. The number of carbonyl (C=O) groups is 2. The Hall–Kier alpha value is -2.82. The first kappa shape index (κ1) is 18.5. The zero-order chi connectivity index (χ0) is 19.6. The fourth-order valence-corrected chi connectivity index (χ4v) is 4.52. The van der Waals surface area contributed by atoms with Gasteiger partial charge in [-0.05, 0) is 42.7 Å². The molecule has 1 aliphatic heterocycles. The smallest absolute Gasteiger partial charge is 0.230 e. The van der Waals surface area contributed by atoms with Crippen molar-refractivity contribution in [2.45, 2.75) is 43.6 Å². The van der Waals surface area contributed by atoms with E-state index in [-0.39, 0.29) is 17.9 Å². The first-order valence-electron chi connectivity index (χ1n) is 9.93. The number of hydrogen-bond donors (Lipinski definition) is 1. The van der Waals surface area contributed by atoms with Crippen LogP contribution in [0.1, 0.15) is 37.7 Å². The molecule has 5 heteroatoms. The number of ether oxygens (including phenoxy) is 1. The highest BCUT2D eigenvalue weighted by Gasteiger charge is 2.44. The van der Waals surface area contributed by atoms with E-state index in [0.717, 1.165) is 42.7 Å². The van der Waals surface area contributed by atoms with Gasteiger partial charge in [0.2, 0.25) is 11.8 Å². The van der Waals surface area contributed by atoms with Crippen LogP contribution in [0, 0.1) is 0 Å². The molecule has 2 aromatic rings. The van der Waals surface area contributed by atoms with Gasteiger partial charge in [0.25, 0.3) is 0 Å². The fourth-order valence-electron chi connectivity index (χ4n) is 4.52. The molecule has 146 valence electrons. The monoisotopic (exact) mass is 378 g/mol. The molecule has 0 aromatic heterocycles.